The standard InChI is InChI=1S/C14H15NO4/c16-13-6-10-11(15-7-12(10)19-13)8-18-14(17)9-4-2-1-3-5-9/h1-5,10-12,15H,6-8H2/t10-,11-,12+/m1/s1. The molecule has 2 aliphatic heterocycles. The smallest absolute Gasteiger partial charge is 0.338 e. The molecule has 1 N–H and O–H groups in total. The van der Waals surface area contributed by atoms with Crippen LogP contribution in [0.2, 0.25) is 0 Å². The van der Waals surface area contributed by atoms with Gasteiger partial charge in [0.2, 0.25) is 0 Å². The lowest BCUT2D eigenvalue weighted by Crippen LogP contribution is -2.33. The molecule has 0 bridgehead atoms. The van der Waals surface area contributed by atoms with Gasteiger partial charge in [-0.2, -0.15) is 0 Å². The molecule has 5 heteroatoms. The molecule has 0 radical (unpaired) electrons. The van der Waals surface area contributed by atoms with E-state index in [1.54, 1.807) is 24.3 Å². The minimum atomic E-state index is -0.337. The quantitative estimate of drug-likeness (QED) is 0.813. The highest BCUT2D eigenvalue weighted by Gasteiger charge is 2.45. The molecule has 2 fully saturated rings. The molecular weight excluding hydrogens is 246 g/mol. The van der Waals surface area contributed by atoms with E-state index < -0.39 is 0 Å². The average Bonchev–Trinajstić information content (AvgIpc) is 2.96. The SMILES string of the molecule is O=C1C[C@H]2[C@H](CN[C@@H]2COC(=O)c2ccccc2)O1. The van der Waals surface area contributed by atoms with Crippen molar-refractivity contribution in [3.05, 3.63) is 35.9 Å². The molecule has 2 saturated heterocycles. The predicted molar refractivity (Wildman–Crippen MR) is 66.5 cm³/mol. The highest BCUT2D eigenvalue weighted by molar-refractivity contribution is 5.89. The van der Waals surface area contributed by atoms with Crippen LogP contribution in [-0.4, -0.2) is 37.2 Å². The van der Waals surface area contributed by atoms with Gasteiger partial charge in [-0.05, 0) is 12.1 Å². The van der Waals surface area contributed by atoms with Gasteiger partial charge in [-0.3, -0.25) is 4.79 Å². The number of ether oxygens (including phenoxy) is 2. The van der Waals surface area contributed by atoms with Gasteiger partial charge in [0.05, 0.1) is 12.0 Å². The number of fused-ring (bicyclic) bond motifs is 1. The van der Waals surface area contributed by atoms with Gasteiger partial charge in [-0.1, -0.05) is 18.2 Å². The van der Waals surface area contributed by atoms with Crippen molar-refractivity contribution >= 4 is 11.9 Å². The Labute approximate surface area is 110 Å². The maximum atomic E-state index is 11.8. The van der Waals surface area contributed by atoms with E-state index in [0.717, 1.165) is 0 Å². The Kier molecular flexibility index (Phi) is 3.21. The summed E-state index contributed by atoms with van der Waals surface area (Å²) in [6.45, 7) is 0.912. The number of carbonyl (C=O) groups is 2. The van der Waals surface area contributed by atoms with Gasteiger partial charge in [0.1, 0.15) is 12.7 Å². The zero-order chi connectivity index (χ0) is 13.2. The van der Waals surface area contributed by atoms with Gasteiger partial charge in [0.15, 0.2) is 0 Å². The maximum Gasteiger partial charge on any atom is 0.338 e. The lowest BCUT2D eigenvalue weighted by Gasteiger charge is -2.15. The fourth-order valence-corrected chi connectivity index (χ4v) is 2.65. The molecule has 5 nitrogen and oxygen atoms in total. The fourth-order valence-electron chi connectivity index (χ4n) is 2.65. The van der Waals surface area contributed by atoms with Crippen LogP contribution in [0.5, 0.6) is 0 Å². The maximum absolute atomic E-state index is 11.8. The zero-order valence-electron chi connectivity index (χ0n) is 10.4. The molecule has 0 unspecified atom stereocenters. The summed E-state index contributed by atoms with van der Waals surface area (Å²) >= 11 is 0. The van der Waals surface area contributed by atoms with Crippen LogP contribution in [0.1, 0.15) is 16.8 Å². The minimum absolute atomic E-state index is 0.00381. The zero-order valence-corrected chi connectivity index (χ0v) is 10.4. The van der Waals surface area contributed by atoms with Gasteiger partial charge >= 0.3 is 11.9 Å². The van der Waals surface area contributed by atoms with Crippen LogP contribution in [0.4, 0.5) is 0 Å². The molecule has 2 heterocycles. The van der Waals surface area contributed by atoms with Crippen molar-refractivity contribution in [3.63, 3.8) is 0 Å². The third-order valence-corrected chi connectivity index (χ3v) is 3.66. The lowest BCUT2D eigenvalue weighted by atomic mass is 9.98. The summed E-state index contributed by atoms with van der Waals surface area (Å²) in [5, 5.41) is 3.23. The van der Waals surface area contributed by atoms with Crippen LogP contribution in [-0.2, 0) is 14.3 Å². The first-order valence-electron chi connectivity index (χ1n) is 6.39. The van der Waals surface area contributed by atoms with Crippen LogP contribution in [0.25, 0.3) is 0 Å². The largest absolute Gasteiger partial charge is 0.461 e. The first kappa shape index (κ1) is 12.2. The number of hydrogen-bond donors (Lipinski definition) is 1. The molecular formula is C14H15NO4. The monoisotopic (exact) mass is 261 g/mol. The Morgan fingerprint density at radius 1 is 1.37 bits per heavy atom. The Morgan fingerprint density at radius 3 is 2.95 bits per heavy atom. The number of nitrogens with one attached hydrogen (secondary N) is 1. The van der Waals surface area contributed by atoms with Gasteiger partial charge in [-0.15, -0.1) is 0 Å². The average molecular weight is 261 g/mol. The second kappa shape index (κ2) is 5.01. The Bertz CT molecular complexity index is 487. The van der Waals surface area contributed by atoms with Crippen LogP contribution in [0.3, 0.4) is 0 Å². The van der Waals surface area contributed by atoms with Gasteiger partial charge < -0.3 is 14.8 Å². The highest BCUT2D eigenvalue weighted by Crippen LogP contribution is 2.29. The topological polar surface area (TPSA) is 64.6 Å². The Balaban J connectivity index is 1.56. The molecule has 2 aliphatic rings. The van der Waals surface area contributed by atoms with Gasteiger partial charge in [0.25, 0.3) is 0 Å². The van der Waals surface area contributed by atoms with Crippen molar-refractivity contribution in [3.8, 4) is 0 Å². The number of rotatable bonds is 3. The molecule has 1 aromatic carbocycles. The molecule has 1 aromatic rings. The summed E-state index contributed by atoms with van der Waals surface area (Å²) in [6, 6.07) is 8.88. The minimum Gasteiger partial charge on any atom is -0.461 e. The lowest BCUT2D eigenvalue weighted by molar-refractivity contribution is -0.141. The van der Waals surface area contributed by atoms with Crippen molar-refractivity contribution < 1.29 is 19.1 Å². The summed E-state index contributed by atoms with van der Waals surface area (Å²) in [4.78, 5) is 23.0. The first-order chi connectivity index (χ1) is 9.24. The summed E-state index contributed by atoms with van der Waals surface area (Å²) in [5.41, 5.74) is 0.538. The normalized spacial score (nSPS) is 28.8. The van der Waals surface area contributed by atoms with E-state index in [0.29, 0.717) is 18.5 Å². The second-order valence-electron chi connectivity index (χ2n) is 4.88. The van der Waals surface area contributed by atoms with Crippen LogP contribution >= 0.6 is 0 Å². The highest BCUT2D eigenvalue weighted by atomic mass is 16.6. The molecule has 0 amide bonds. The van der Waals surface area contributed by atoms with Crippen LogP contribution in [0, 0.1) is 5.92 Å². The van der Waals surface area contributed by atoms with Gasteiger partial charge in [-0.25, -0.2) is 4.79 Å². The first-order valence-corrected chi connectivity index (χ1v) is 6.39. The number of carbonyl (C=O) groups excluding carboxylic acids is 2. The number of hydrogen-bond acceptors (Lipinski definition) is 5. The molecule has 3 rings (SSSR count). The van der Waals surface area contributed by atoms with Crippen molar-refractivity contribution in [2.24, 2.45) is 5.92 Å². The fraction of sp³-hybridized carbons (Fsp3) is 0.429. The number of esters is 2. The van der Waals surface area contributed by atoms with Gasteiger partial charge in [0, 0.05) is 18.5 Å². The van der Waals surface area contributed by atoms with E-state index in [2.05, 4.69) is 5.32 Å². The third-order valence-electron chi connectivity index (χ3n) is 3.66. The molecule has 19 heavy (non-hydrogen) atoms. The van der Waals surface area contributed by atoms with E-state index in [-0.39, 0.29) is 36.6 Å². The number of benzene rings is 1. The molecule has 0 saturated carbocycles. The van der Waals surface area contributed by atoms with Crippen molar-refractivity contribution in [1.82, 2.24) is 5.32 Å². The van der Waals surface area contributed by atoms with Crippen LogP contribution < -0.4 is 5.32 Å². The molecule has 0 aromatic heterocycles. The second-order valence-corrected chi connectivity index (χ2v) is 4.88. The van der Waals surface area contributed by atoms with E-state index >= 15 is 0 Å². The molecule has 0 spiro atoms. The van der Waals surface area contributed by atoms with Crippen molar-refractivity contribution in [2.75, 3.05) is 13.2 Å². The summed E-state index contributed by atoms with van der Waals surface area (Å²) in [7, 11) is 0. The predicted octanol–water partition coefficient (Wildman–Crippen LogP) is 0.747. The summed E-state index contributed by atoms with van der Waals surface area (Å²) in [6.07, 6.45) is 0.346. The van der Waals surface area contributed by atoms with Crippen LogP contribution in [0.15, 0.2) is 30.3 Å². The van der Waals surface area contributed by atoms with Crippen molar-refractivity contribution in [1.29, 1.82) is 0 Å². The Morgan fingerprint density at radius 2 is 2.16 bits per heavy atom. The summed E-state index contributed by atoms with van der Waals surface area (Å²) in [5.74, 6) is -0.372. The molecule has 0 aliphatic carbocycles. The molecule has 100 valence electrons. The third kappa shape index (κ3) is 2.46. The van der Waals surface area contributed by atoms with E-state index in [1.165, 1.54) is 0 Å². The van der Waals surface area contributed by atoms with Crippen molar-refractivity contribution in [2.45, 2.75) is 18.6 Å². The van der Waals surface area contributed by atoms with E-state index in [1.807, 2.05) is 6.07 Å². The Hall–Kier alpha value is -1.88. The van der Waals surface area contributed by atoms with E-state index in [9.17, 15) is 9.59 Å². The van der Waals surface area contributed by atoms with E-state index in [4.69, 9.17) is 9.47 Å². The molecule has 3 atom stereocenters. The summed E-state index contributed by atoms with van der Waals surface area (Å²) < 4.78 is 10.5.